The van der Waals surface area contributed by atoms with E-state index in [0.29, 0.717) is 5.92 Å². The molecule has 1 fully saturated rings. The fourth-order valence-corrected chi connectivity index (χ4v) is 2.85. The molecule has 1 saturated heterocycles. The molecule has 4 nitrogen and oxygen atoms in total. The molecule has 1 atom stereocenters. The van der Waals surface area contributed by atoms with Crippen LogP contribution < -0.4 is 5.73 Å². The van der Waals surface area contributed by atoms with E-state index in [2.05, 4.69) is 14.9 Å². The maximum absolute atomic E-state index is 5.76. The van der Waals surface area contributed by atoms with Crippen LogP contribution >= 0.6 is 11.8 Å². The number of rotatable bonds is 4. The normalized spacial score (nSPS) is 21.6. The third kappa shape index (κ3) is 3.40. The quantitative estimate of drug-likeness (QED) is 0.820. The molecule has 0 aliphatic carbocycles. The molecule has 0 unspecified atom stereocenters. The van der Waals surface area contributed by atoms with Crippen molar-refractivity contribution in [1.29, 1.82) is 0 Å². The van der Waals surface area contributed by atoms with Crippen molar-refractivity contribution < 1.29 is 0 Å². The van der Waals surface area contributed by atoms with Crippen LogP contribution in [0.3, 0.4) is 0 Å². The molecular weight excluding hydrogens is 232 g/mol. The zero-order chi connectivity index (χ0) is 12.1. The summed E-state index contributed by atoms with van der Waals surface area (Å²) in [4.78, 5) is 11.2. The smallest absolute Gasteiger partial charge is 0.119 e. The number of nitrogens with two attached hydrogens (primary N) is 1. The molecule has 2 heterocycles. The Hall–Kier alpha value is -0.650. The molecule has 0 bridgehead atoms. The zero-order valence-electron chi connectivity index (χ0n) is 10.3. The molecule has 0 spiro atoms. The summed E-state index contributed by atoms with van der Waals surface area (Å²) in [7, 11) is 0. The molecule has 2 rings (SSSR count). The van der Waals surface area contributed by atoms with Crippen LogP contribution in [0.2, 0.25) is 0 Å². The van der Waals surface area contributed by atoms with Crippen LogP contribution in [0.5, 0.6) is 0 Å². The summed E-state index contributed by atoms with van der Waals surface area (Å²) in [5.74, 6) is 0.651. The van der Waals surface area contributed by atoms with E-state index in [9.17, 15) is 0 Å². The topological polar surface area (TPSA) is 55.0 Å². The van der Waals surface area contributed by atoms with Crippen LogP contribution in [0, 0.1) is 5.92 Å². The highest BCUT2D eigenvalue weighted by atomic mass is 32.2. The summed E-state index contributed by atoms with van der Waals surface area (Å²) in [5, 5.41) is 1.04. The Morgan fingerprint density at radius 1 is 1.47 bits per heavy atom. The second kappa shape index (κ2) is 6.33. The first kappa shape index (κ1) is 12.8. The van der Waals surface area contributed by atoms with Gasteiger partial charge in [0.15, 0.2) is 0 Å². The van der Waals surface area contributed by atoms with Gasteiger partial charge < -0.3 is 5.73 Å². The summed E-state index contributed by atoms with van der Waals surface area (Å²) in [5.41, 5.74) is 6.85. The van der Waals surface area contributed by atoms with E-state index in [0.717, 1.165) is 36.9 Å². The number of hydrogen-bond donors (Lipinski definition) is 1. The Morgan fingerprint density at radius 3 is 3.06 bits per heavy atom. The zero-order valence-corrected chi connectivity index (χ0v) is 11.1. The van der Waals surface area contributed by atoms with Gasteiger partial charge in [0.05, 0.1) is 5.69 Å². The van der Waals surface area contributed by atoms with Crippen molar-refractivity contribution in [1.82, 2.24) is 14.9 Å². The van der Waals surface area contributed by atoms with E-state index in [1.54, 1.807) is 24.2 Å². The van der Waals surface area contributed by atoms with Gasteiger partial charge in [-0.2, -0.15) is 0 Å². The summed E-state index contributed by atoms with van der Waals surface area (Å²) in [6.07, 6.45) is 8.10. The molecule has 0 aromatic carbocycles. The van der Waals surface area contributed by atoms with Crippen molar-refractivity contribution in [2.45, 2.75) is 24.4 Å². The summed E-state index contributed by atoms with van der Waals surface area (Å²) >= 11 is 1.67. The number of likely N-dealkylation sites (tertiary alicyclic amines) is 1. The molecule has 1 aliphatic rings. The molecular formula is C12H20N4S. The van der Waals surface area contributed by atoms with Gasteiger partial charge in [-0.15, -0.1) is 11.8 Å². The van der Waals surface area contributed by atoms with Crippen LogP contribution in [0.15, 0.2) is 17.4 Å². The van der Waals surface area contributed by atoms with Crippen LogP contribution in [-0.2, 0) is 6.54 Å². The highest BCUT2D eigenvalue weighted by molar-refractivity contribution is 7.98. The maximum atomic E-state index is 5.76. The summed E-state index contributed by atoms with van der Waals surface area (Å²) < 4.78 is 0. The predicted octanol–water partition coefficient (Wildman–Crippen LogP) is 1.37. The van der Waals surface area contributed by atoms with Gasteiger partial charge in [-0.25, -0.2) is 4.98 Å². The first-order chi connectivity index (χ1) is 8.33. The highest BCUT2D eigenvalue weighted by Gasteiger charge is 2.20. The van der Waals surface area contributed by atoms with Crippen molar-refractivity contribution in [3.05, 3.63) is 18.1 Å². The van der Waals surface area contributed by atoms with Gasteiger partial charge in [0, 0.05) is 25.5 Å². The number of aromatic nitrogens is 2. The molecule has 1 aromatic heterocycles. The number of piperidine rings is 1. The second-order valence-corrected chi connectivity index (χ2v) is 5.29. The van der Waals surface area contributed by atoms with Gasteiger partial charge in [0.25, 0.3) is 0 Å². The van der Waals surface area contributed by atoms with Gasteiger partial charge in [-0.1, -0.05) is 0 Å². The fourth-order valence-electron chi connectivity index (χ4n) is 2.33. The molecule has 0 saturated carbocycles. The Morgan fingerprint density at radius 2 is 2.29 bits per heavy atom. The van der Waals surface area contributed by atoms with Gasteiger partial charge in [0.1, 0.15) is 5.03 Å². The lowest BCUT2D eigenvalue weighted by Crippen LogP contribution is -2.38. The van der Waals surface area contributed by atoms with E-state index in [4.69, 9.17) is 5.73 Å². The van der Waals surface area contributed by atoms with Crippen molar-refractivity contribution in [2.24, 2.45) is 11.7 Å². The van der Waals surface area contributed by atoms with Gasteiger partial charge in [-0.05, 0) is 38.1 Å². The largest absolute Gasteiger partial charge is 0.330 e. The average Bonchev–Trinajstić information content (AvgIpc) is 2.39. The second-order valence-electron chi connectivity index (χ2n) is 4.49. The lowest BCUT2D eigenvalue weighted by Gasteiger charge is -2.31. The van der Waals surface area contributed by atoms with E-state index in [-0.39, 0.29) is 0 Å². The predicted molar refractivity (Wildman–Crippen MR) is 70.9 cm³/mol. The third-order valence-electron chi connectivity index (χ3n) is 3.24. The van der Waals surface area contributed by atoms with Gasteiger partial charge in [0.2, 0.25) is 0 Å². The third-order valence-corrected chi connectivity index (χ3v) is 3.97. The van der Waals surface area contributed by atoms with Crippen LogP contribution in [0.25, 0.3) is 0 Å². The molecule has 2 N–H and O–H groups in total. The lowest BCUT2D eigenvalue weighted by atomic mass is 9.98. The molecule has 0 radical (unpaired) electrons. The number of thioether (sulfide) groups is 1. The minimum Gasteiger partial charge on any atom is -0.330 e. The fraction of sp³-hybridized carbons (Fsp3) is 0.667. The number of nitrogens with zero attached hydrogens (tertiary/aromatic N) is 3. The van der Waals surface area contributed by atoms with Crippen LogP contribution in [-0.4, -0.2) is 40.8 Å². The van der Waals surface area contributed by atoms with Gasteiger partial charge in [-0.3, -0.25) is 9.88 Å². The first-order valence-electron chi connectivity index (χ1n) is 6.09. The van der Waals surface area contributed by atoms with E-state index < -0.39 is 0 Å². The van der Waals surface area contributed by atoms with Gasteiger partial charge >= 0.3 is 0 Å². The molecule has 1 aliphatic heterocycles. The maximum Gasteiger partial charge on any atom is 0.119 e. The molecule has 1 aromatic rings. The Labute approximate surface area is 107 Å². The standard InChI is InChI=1S/C12H20N4S/c1-17-12-11(14-4-5-15-12)9-16-6-2-3-10(7-13)8-16/h4-5,10H,2-3,6-9,13H2,1H3/t10-/m0/s1. The minimum absolute atomic E-state index is 0.651. The van der Waals surface area contributed by atoms with E-state index in [1.165, 1.54) is 12.8 Å². The summed E-state index contributed by atoms with van der Waals surface area (Å²) in [6, 6.07) is 0. The Balaban J connectivity index is 2.00. The highest BCUT2D eigenvalue weighted by Crippen LogP contribution is 2.20. The number of hydrogen-bond acceptors (Lipinski definition) is 5. The average molecular weight is 252 g/mol. The SMILES string of the molecule is CSc1nccnc1CN1CCC[C@@H](CN)C1. The molecule has 0 amide bonds. The van der Waals surface area contributed by atoms with Crippen molar-refractivity contribution in [3.63, 3.8) is 0 Å². The Kier molecular flexibility index (Phi) is 4.76. The lowest BCUT2D eigenvalue weighted by molar-refractivity contribution is 0.168. The van der Waals surface area contributed by atoms with Crippen molar-refractivity contribution >= 4 is 11.8 Å². The van der Waals surface area contributed by atoms with E-state index in [1.807, 2.05) is 6.26 Å². The van der Waals surface area contributed by atoms with E-state index >= 15 is 0 Å². The molecule has 5 heteroatoms. The minimum atomic E-state index is 0.651. The summed E-state index contributed by atoms with van der Waals surface area (Å²) in [6.45, 7) is 3.95. The van der Waals surface area contributed by atoms with Crippen LogP contribution in [0.1, 0.15) is 18.5 Å². The first-order valence-corrected chi connectivity index (χ1v) is 7.32. The molecule has 17 heavy (non-hydrogen) atoms. The van der Waals surface area contributed by atoms with Crippen LogP contribution in [0.4, 0.5) is 0 Å². The van der Waals surface area contributed by atoms with Crippen molar-refractivity contribution in [3.8, 4) is 0 Å². The monoisotopic (exact) mass is 252 g/mol. The van der Waals surface area contributed by atoms with Crippen molar-refractivity contribution in [2.75, 3.05) is 25.9 Å². The molecule has 94 valence electrons. The Bertz CT molecular complexity index is 358.